The Kier molecular flexibility index (Phi) is 5.20. The topological polar surface area (TPSA) is 64.8 Å². The van der Waals surface area contributed by atoms with Gasteiger partial charge in [-0.05, 0) is 45.0 Å². The number of aryl methyl sites for hydroxylation is 1. The summed E-state index contributed by atoms with van der Waals surface area (Å²) in [7, 11) is 1.37. The third kappa shape index (κ3) is 4.08. The first-order chi connectivity index (χ1) is 12.0. The zero-order valence-corrected chi connectivity index (χ0v) is 15.1. The standard InChI is InChI=1S/C19H24N2O4/c1-12-9-21(10-13(2)24-12)11-17-14(3)25-18(20-17)15-5-7-16(8-6-15)19(22)23-4/h5-8,12-13H,9-11H2,1-4H3/t12-,13+. The molecule has 134 valence electrons. The van der Waals surface area contributed by atoms with Crippen molar-refractivity contribution in [1.82, 2.24) is 9.88 Å². The van der Waals surface area contributed by atoms with E-state index in [1.54, 1.807) is 12.1 Å². The Hall–Kier alpha value is -2.18. The average molecular weight is 344 g/mol. The fourth-order valence-electron chi connectivity index (χ4n) is 3.19. The quantitative estimate of drug-likeness (QED) is 0.794. The minimum Gasteiger partial charge on any atom is -0.465 e. The first-order valence-electron chi connectivity index (χ1n) is 8.49. The Labute approximate surface area is 147 Å². The molecule has 3 rings (SSSR count). The Balaban J connectivity index is 1.75. The molecule has 1 aliphatic heterocycles. The van der Waals surface area contributed by atoms with Gasteiger partial charge >= 0.3 is 5.97 Å². The van der Waals surface area contributed by atoms with E-state index in [0.29, 0.717) is 11.5 Å². The summed E-state index contributed by atoms with van der Waals surface area (Å²) in [4.78, 5) is 18.5. The molecule has 0 bridgehead atoms. The summed E-state index contributed by atoms with van der Waals surface area (Å²) < 4.78 is 16.3. The SMILES string of the molecule is COC(=O)c1ccc(-c2nc(CN3C[C@@H](C)O[C@@H](C)C3)c(C)o2)cc1. The zero-order valence-electron chi connectivity index (χ0n) is 15.1. The molecule has 1 aromatic heterocycles. The lowest BCUT2D eigenvalue weighted by Gasteiger charge is -2.34. The van der Waals surface area contributed by atoms with Crippen LogP contribution >= 0.6 is 0 Å². The Morgan fingerprint density at radius 2 is 1.88 bits per heavy atom. The average Bonchev–Trinajstić information content (AvgIpc) is 2.94. The lowest BCUT2D eigenvalue weighted by atomic mass is 10.1. The summed E-state index contributed by atoms with van der Waals surface area (Å²) in [6, 6.07) is 7.07. The van der Waals surface area contributed by atoms with Gasteiger partial charge in [0.15, 0.2) is 0 Å². The number of hydrogen-bond donors (Lipinski definition) is 0. The number of hydrogen-bond acceptors (Lipinski definition) is 6. The van der Waals surface area contributed by atoms with Crippen molar-refractivity contribution in [3.05, 3.63) is 41.3 Å². The number of methoxy groups -OCH3 is 1. The van der Waals surface area contributed by atoms with Crippen LogP contribution < -0.4 is 0 Å². The molecule has 2 aromatic rings. The predicted molar refractivity (Wildman–Crippen MR) is 93.3 cm³/mol. The molecule has 1 aliphatic rings. The van der Waals surface area contributed by atoms with Gasteiger partial charge in [-0.2, -0.15) is 0 Å². The van der Waals surface area contributed by atoms with E-state index in [9.17, 15) is 4.79 Å². The van der Waals surface area contributed by atoms with Crippen molar-refractivity contribution >= 4 is 5.97 Å². The molecule has 0 saturated carbocycles. The van der Waals surface area contributed by atoms with E-state index in [1.807, 2.05) is 19.1 Å². The summed E-state index contributed by atoms with van der Waals surface area (Å²) in [5, 5.41) is 0. The smallest absolute Gasteiger partial charge is 0.337 e. The third-order valence-corrected chi connectivity index (χ3v) is 4.31. The largest absolute Gasteiger partial charge is 0.465 e. The summed E-state index contributed by atoms with van der Waals surface area (Å²) in [5.74, 6) is 1.03. The van der Waals surface area contributed by atoms with Crippen LogP contribution in [-0.2, 0) is 16.0 Å². The summed E-state index contributed by atoms with van der Waals surface area (Å²) >= 11 is 0. The number of nitrogens with zero attached hydrogens (tertiary/aromatic N) is 2. The van der Waals surface area contributed by atoms with E-state index in [4.69, 9.17) is 13.9 Å². The summed E-state index contributed by atoms with van der Waals surface area (Å²) in [5.41, 5.74) is 2.28. The van der Waals surface area contributed by atoms with Crippen molar-refractivity contribution in [3.63, 3.8) is 0 Å². The van der Waals surface area contributed by atoms with Gasteiger partial charge in [-0.25, -0.2) is 9.78 Å². The molecule has 6 nitrogen and oxygen atoms in total. The van der Waals surface area contributed by atoms with E-state index in [1.165, 1.54) is 7.11 Å². The highest BCUT2D eigenvalue weighted by Gasteiger charge is 2.24. The lowest BCUT2D eigenvalue weighted by molar-refractivity contribution is -0.0708. The highest BCUT2D eigenvalue weighted by Crippen LogP contribution is 2.24. The minimum absolute atomic E-state index is 0.223. The van der Waals surface area contributed by atoms with E-state index in [-0.39, 0.29) is 18.2 Å². The molecular formula is C19H24N2O4. The van der Waals surface area contributed by atoms with Gasteiger partial charge in [0.25, 0.3) is 0 Å². The normalized spacial score (nSPS) is 21.3. The number of ether oxygens (including phenoxy) is 2. The van der Waals surface area contributed by atoms with Crippen molar-refractivity contribution in [2.24, 2.45) is 0 Å². The molecule has 6 heteroatoms. The van der Waals surface area contributed by atoms with Gasteiger partial charge in [0.1, 0.15) is 5.76 Å². The second-order valence-corrected chi connectivity index (χ2v) is 6.54. The van der Waals surface area contributed by atoms with Crippen molar-refractivity contribution < 1.29 is 18.7 Å². The van der Waals surface area contributed by atoms with Crippen LogP contribution in [-0.4, -0.2) is 48.3 Å². The van der Waals surface area contributed by atoms with Crippen molar-refractivity contribution in [2.45, 2.75) is 39.5 Å². The monoisotopic (exact) mass is 344 g/mol. The van der Waals surface area contributed by atoms with E-state index in [0.717, 1.165) is 36.7 Å². The Morgan fingerprint density at radius 3 is 2.48 bits per heavy atom. The molecule has 0 spiro atoms. The van der Waals surface area contributed by atoms with Crippen molar-refractivity contribution in [1.29, 1.82) is 0 Å². The van der Waals surface area contributed by atoms with Crippen LogP contribution in [0.3, 0.4) is 0 Å². The van der Waals surface area contributed by atoms with E-state index in [2.05, 4.69) is 23.7 Å². The van der Waals surface area contributed by atoms with Gasteiger partial charge in [0.05, 0.1) is 30.6 Å². The van der Waals surface area contributed by atoms with Gasteiger partial charge < -0.3 is 13.9 Å². The molecule has 0 N–H and O–H groups in total. The number of oxazole rings is 1. The summed E-state index contributed by atoms with van der Waals surface area (Å²) in [6.07, 6.45) is 0.447. The fraction of sp³-hybridized carbons (Fsp3) is 0.474. The van der Waals surface area contributed by atoms with E-state index >= 15 is 0 Å². The second-order valence-electron chi connectivity index (χ2n) is 6.54. The molecule has 0 radical (unpaired) electrons. The van der Waals surface area contributed by atoms with Crippen LogP contribution in [0, 0.1) is 6.92 Å². The van der Waals surface area contributed by atoms with Gasteiger partial charge in [0.2, 0.25) is 5.89 Å². The number of morpholine rings is 1. The maximum absolute atomic E-state index is 11.5. The number of carbonyl (C=O) groups is 1. The molecule has 2 heterocycles. The highest BCUT2D eigenvalue weighted by molar-refractivity contribution is 5.89. The zero-order chi connectivity index (χ0) is 18.0. The van der Waals surface area contributed by atoms with Crippen LogP contribution in [0.15, 0.2) is 28.7 Å². The highest BCUT2D eigenvalue weighted by atomic mass is 16.5. The number of esters is 1. The number of rotatable bonds is 4. The van der Waals surface area contributed by atoms with Crippen LogP contribution in [0.4, 0.5) is 0 Å². The first kappa shape index (κ1) is 17.6. The van der Waals surface area contributed by atoms with Crippen LogP contribution in [0.2, 0.25) is 0 Å². The van der Waals surface area contributed by atoms with Crippen LogP contribution in [0.25, 0.3) is 11.5 Å². The Bertz CT molecular complexity index is 728. The first-order valence-corrected chi connectivity index (χ1v) is 8.49. The minimum atomic E-state index is -0.355. The van der Waals surface area contributed by atoms with E-state index < -0.39 is 0 Å². The van der Waals surface area contributed by atoms with Gasteiger partial charge in [-0.1, -0.05) is 0 Å². The number of aromatic nitrogens is 1. The van der Waals surface area contributed by atoms with Gasteiger partial charge in [0, 0.05) is 25.2 Å². The second kappa shape index (κ2) is 7.37. The van der Waals surface area contributed by atoms with Gasteiger partial charge in [-0.3, -0.25) is 4.90 Å². The molecule has 2 atom stereocenters. The fourth-order valence-corrected chi connectivity index (χ4v) is 3.19. The summed E-state index contributed by atoms with van der Waals surface area (Å²) in [6.45, 7) is 8.63. The maximum atomic E-state index is 11.5. The lowest BCUT2D eigenvalue weighted by Crippen LogP contribution is -2.44. The number of benzene rings is 1. The van der Waals surface area contributed by atoms with Crippen LogP contribution in [0.5, 0.6) is 0 Å². The van der Waals surface area contributed by atoms with Crippen molar-refractivity contribution in [3.8, 4) is 11.5 Å². The molecule has 1 aromatic carbocycles. The molecule has 0 unspecified atom stereocenters. The molecule has 1 saturated heterocycles. The third-order valence-electron chi connectivity index (χ3n) is 4.31. The molecular weight excluding hydrogens is 320 g/mol. The predicted octanol–water partition coefficient (Wildman–Crippen LogP) is 3.05. The molecule has 1 fully saturated rings. The van der Waals surface area contributed by atoms with Gasteiger partial charge in [-0.15, -0.1) is 0 Å². The van der Waals surface area contributed by atoms with Crippen LogP contribution in [0.1, 0.15) is 35.7 Å². The maximum Gasteiger partial charge on any atom is 0.337 e. The Morgan fingerprint density at radius 1 is 1.24 bits per heavy atom. The molecule has 0 amide bonds. The molecule has 25 heavy (non-hydrogen) atoms. The van der Waals surface area contributed by atoms with Crippen molar-refractivity contribution in [2.75, 3.05) is 20.2 Å². The molecule has 0 aliphatic carbocycles. The number of carbonyl (C=O) groups excluding carboxylic acids is 1.